The van der Waals surface area contributed by atoms with E-state index in [0.717, 1.165) is 24.5 Å². The summed E-state index contributed by atoms with van der Waals surface area (Å²) in [5, 5.41) is 6.86. The van der Waals surface area contributed by atoms with Crippen LogP contribution >= 0.6 is 0 Å². The first-order valence-electron chi connectivity index (χ1n) is 5.76. The first-order valence-corrected chi connectivity index (χ1v) is 5.76. The fourth-order valence-corrected chi connectivity index (χ4v) is 1.92. The zero-order valence-electron chi connectivity index (χ0n) is 10.1. The number of fused-ring (bicyclic) bond motifs is 1. The Balaban J connectivity index is 2.26. The van der Waals surface area contributed by atoms with Crippen LogP contribution < -0.4 is 15.4 Å². The minimum atomic E-state index is 0.466. The molecule has 0 saturated heterocycles. The number of ether oxygens (including phenoxy) is 1. The second-order valence-electron chi connectivity index (χ2n) is 4.46. The van der Waals surface area contributed by atoms with Crippen molar-refractivity contribution in [1.82, 2.24) is 4.98 Å². The molecule has 0 fully saturated rings. The quantitative estimate of drug-likeness (QED) is 0.804. The van der Waals surface area contributed by atoms with Gasteiger partial charge in [-0.15, -0.1) is 0 Å². The van der Waals surface area contributed by atoms with Crippen molar-refractivity contribution in [2.45, 2.75) is 26.3 Å². The summed E-state index contributed by atoms with van der Waals surface area (Å²) in [6.45, 7) is 5.43. The van der Waals surface area contributed by atoms with Gasteiger partial charge < -0.3 is 15.4 Å². The third kappa shape index (κ3) is 2.21. The van der Waals surface area contributed by atoms with Crippen LogP contribution in [0, 0.1) is 5.92 Å². The van der Waals surface area contributed by atoms with Crippen LogP contribution in [-0.4, -0.2) is 24.7 Å². The molecular weight excluding hydrogens is 202 g/mol. The molecule has 0 bridgehead atoms. The lowest BCUT2D eigenvalue weighted by molar-refractivity contribution is 0.398. The van der Waals surface area contributed by atoms with Crippen LogP contribution in [0.3, 0.4) is 0 Å². The normalized spacial score (nSPS) is 19.4. The van der Waals surface area contributed by atoms with Gasteiger partial charge in [0.1, 0.15) is 0 Å². The number of hydrogen-bond donors (Lipinski definition) is 2. The van der Waals surface area contributed by atoms with Crippen LogP contribution in [0.1, 0.15) is 20.3 Å². The van der Waals surface area contributed by atoms with Crippen LogP contribution in [0.2, 0.25) is 0 Å². The summed E-state index contributed by atoms with van der Waals surface area (Å²) in [5.41, 5.74) is 1.06. The summed E-state index contributed by atoms with van der Waals surface area (Å²) in [6, 6.07) is 4.36. The van der Waals surface area contributed by atoms with Crippen molar-refractivity contribution in [2.24, 2.45) is 5.92 Å². The molecule has 4 heteroatoms. The monoisotopic (exact) mass is 221 g/mol. The number of nitrogens with one attached hydrogen (secondary N) is 2. The fraction of sp³-hybridized carbons (Fsp3) is 0.583. The van der Waals surface area contributed by atoms with Crippen molar-refractivity contribution < 1.29 is 4.74 Å². The smallest absolute Gasteiger partial charge is 0.215 e. The van der Waals surface area contributed by atoms with Gasteiger partial charge in [-0.05, 0) is 18.4 Å². The Morgan fingerprint density at radius 2 is 2.25 bits per heavy atom. The molecule has 0 radical (unpaired) electrons. The van der Waals surface area contributed by atoms with Gasteiger partial charge in [0.05, 0.1) is 12.8 Å². The minimum absolute atomic E-state index is 0.466. The number of pyridine rings is 1. The van der Waals surface area contributed by atoms with Gasteiger partial charge in [-0.1, -0.05) is 13.8 Å². The lowest BCUT2D eigenvalue weighted by atomic mass is 10.0. The van der Waals surface area contributed by atoms with E-state index in [1.807, 2.05) is 12.1 Å². The van der Waals surface area contributed by atoms with E-state index in [4.69, 9.17) is 4.74 Å². The maximum atomic E-state index is 5.14. The first-order chi connectivity index (χ1) is 7.70. The van der Waals surface area contributed by atoms with E-state index in [1.165, 1.54) is 0 Å². The average Bonchev–Trinajstić information content (AvgIpc) is 2.49. The number of rotatable bonds is 2. The van der Waals surface area contributed by atoms with E-state index in [2.05, 4.69) is 29.5 Å². The summed E-state index contributed by atoms with van der Waals surface area (Å²) in [6.07, 6.45) is 1.11. The molecule has 0 amide bonds. The van der Waals surface area contributed by atoms with Crippen molar-refractivity contribution in [3.63, 3.8) is 0 Å². The number of hydrogen-bond acceptors (Lipinski definition) is 4. The van der Waals surface area contributed by atoms with Gasteiger partial charge in [-0.25, -0.2) is 0 Å². The molecule has 88 valence electrons. The SMILES string of the molecule is COc1ccc2c(n1)NC(C(C)C)CCN2. The lowest BCUT2D eigenvalue weighted by Crippen LogP contribution is -2.26. The van der Waals surface area contributed by atoms with Crippen LogP contribution in [0.25, 0.3) is 0 Å². The van der Waals surface area contributed by atoms with E-state index in [-0.39, 0.29) is 0 Å². The molecule has 1 aromatic rings. The Kier molecular flexibility index (Phi) is 3.17. The predicted molar refractivity (Wildman–Crippen MR) is 66.1 cm³/mol. The third-order valence-corrected chi connectivity index (χ3v) is 2.98. The van der Waals surface area contributed by atoms with Crippen molar-refractivity contribution in [3.8, 4) is 5.88 Å². The van der Waals surface area contributed by atoms with Gasteiger partial charge in [-0.3, -0.25) is 0 Å². The second kappa shape index (κ2) is 4.60. The van der Waals surface area contributed by atoms with Gasteiger partial charge in [-0.2, -0.15) is 4.98 Å². The molecule has 1 aromatic heterocycles. The van der Waals surface area contributed by atoms with Gasteiger partial charge in [0.2, 0.25) is 5.88 Å². The maximum Gasteiger partial charge on any atom is 0.215 e. The van der Waals surface area contributed by atoms with Gasteiger partial charge in [0.25, 0.3) is 0 Å². The third-order valence-electron chi connectivity index (χ3n) is 2.98. The second-order valence-corrected chi connectivity index (χ2v) is 4.46. The molecule has 0 spiro atoms. The fourth-order valence-electron chi connectivity index (χ4n) is 1.92. The highest BCUT2D eigenvalue weighted by atomic mass is 16.5. The molecule has 16 heavy (non-hydrogen) atoms. The highest BCUT2D eigenvalue weighted by Gasteiger charge is 2.19. The summed E-state index contributed by atoms with van der Waals surface area (Å²) in [4.78, 5) is 4.43. The molecule has 2 rings (SSSR count). The van der Waals surface area contributed by atoms with E-state index < -0.39 is 0 Å². The molecule has 0 aliphatic carbocycles. The molecule has 1 unspecified atom stereocenters. The highest BCUT2D eigenvalue weighted by Crippen LogP contribution is 2.27. The molecule has 0 aromatic carbocycles. The lowest BCUT2D eigenvalue weighted by Gasteiger charge is -2.20. The number of aromatic nitrogens is 1. The largest absolute Gasteiger partial charge is 0.481 e. The van der Waals surface area contributed by atoms with Crippen molar-refractivity contribution >= 4 is 11.5 Å². The Labute approximate surface area is 96.4 Å². The van der Waals surface area contributed by atoms with Crippen LogP contribution in [0.4, 0.5) is 11.5 Å². The van der Waals surface area contributed by atoms with Crippen LogP contribution in [0.5, 0.6) is 5.88 Å². The Morgan fingerprint density at radius 1 is 1.44 bits per heavy atom. The predicted octanol–water partition coefficient (Wildman–Crippen LogP) is 2.34. The van der Waals surface area contributed by atoms with Crippen molar-refractivity contribution in [1.29, 1.82) is 0 Å². The van der Waals surface area contributed by atoms with Crippen molar-refractivity contribution in [3.05, 3.63) is 12.1 Å². The molecule has 2 N–H and O–H groups in total. The molecule has 1 aliphatic heterocycles. The van der Waals surface area contributed by atoms with E-state index in [9.17, 15) is 0 Å². The molecule has 0 saturated carbocycles. The van der Waals surface area contributed by atoms with Crippen LogP contribution in [-0.2, 0) is 0 Å². The zero-order chi connectivity index (χ0) is 11.5. The average molecular weight is 221 g/mol. The molecule has 1 atom stereocenters. The highest BCUT2D eigenvalue weighted by molar-refractivity contribution is 5.66. The van der Waals surface area contributed by atoms with Crippen molar-refractivity contribution in [2.75, 3.05) is 24.3 Å². The van der Waals surface area contributed by atoms with E-state index in [1.54, 1.807) is 7.11 Å². The molecule has 1 aliphatic rings. The minimum Gasteiger partial charge on any atom is -0.481 e. The molecule has 2 heterocycles. The summed E-state index contributed by atoms with van der Waals surface area (Å²) in [7, 11) is 1.64. The van der Waals surface area contributed by atoms with E-state index in [0.29, 0.717) is 17.8 Å². The van der Waals surface area contributed by atoms with Gasteiger partial charge in [0.15, 0.2) is 5.82 Å². The molecular formula is C12H19N3O. The summed E-state index contributed by atoms with van der Waals surface area (Å²) >= 11 is 0. The Morgan fingerprint density at radius 3 is 2.94 bits per heavy atom. The van der Waals surface area contributed by atoms with Gasteiger partial charge >= 0.3 is 0 Å². The van der Waals surface area contributed by atoms with Gasteiger partial charge in [0, 0.05) is 18.7 Å². The van der Waals surface area contributed by atoms with E-state index >= 15 is 0 Å². The first kappa shape index (κ1) is 11.0. The topological polar surface area (TPSA) is 46.2 Å². The summed E-state index contributed by atoms with van der Waals surface area (Å²) in [5.74, 6) is 2.15. The Hall–Kier alpha value is -1.45. The number of anilines is 2. The molecule has 4 nitrogen and oxygen atoms in total. The summed E-state index contributed by atoms with van der Waals surface area (Å²) < 4.78 is 5.14. The zero-order valence-corrected chi connectivity index (χ0v) is 10.1. The maximum absolute atomic E-state index is 5.14. The Bertz CT molecular complexity index is 365. The van der Waals surface area contributed by atoms with Crippen LogP contribution in [0.15, 0.2) is 12.1 Å². The standard InChI is InChI=1S/C12H19N3O/c1-8(2)9-6-7-13-10-4-5-11(16-3)15-12(10)14-9/h4-5,8-9,13H,6-7H2,1-3H3,(H,14,15). The number of methoxy groups -OCH3 is 1. The number of nitrogens with zero attached hydrogens (tertiary/aromatic N) is 1.